The van der Waals surface area contributed by atoms with Gasteiger partial charge in [0.05, 0.1) is 28.2 Å². The predicted octanol–water partition coefficient (Wildman–Crippen LogP) is 2.08. The fraction of sp³-hybridized carbons (Fsp3) is 0.600. The highest BCUT2D eigenvalue weighted by atomic mass is 32.2. The summed E-state index contributed by atoms with van der Waals surface area (Å²) in [7, 11) is -3.41. The molecule has 1 unspecified atom stereocenters. The largest absolute Gasteiger partial charge is 0.369 e. The minimum absolute atomic E-state index is 0.270. The van der Waals surface area contributed by atoms with Gasteiger partial charge in [-0.3, -0.25) is 0 Å². The molecule has 2 aliphatic heterocycles. The maximum atomic E-state index is 12.9. The van der Waals surface area contributed by atoms with Crippen LogP contribution in [0.5, 0.6) is 0 Å². The van der Waals surface area contributed by atoms with E-state index in [1.165, 1.54) is 0 Å². The maximum Gasteiger partial charge on any atom is 0.244 e. The van der Waals surface area contributed by atoms with E-state index in [1.54, 1.807) is 16.4 Å². The molecule has 1 aliphatic carbocycles. The van der Waals surface area contributed by atoms with Crippen LogP contribution in [0.4, 0.5) is 0 Å². The number of sulfonamides is 1. The van der Waals surface area contributed by atoms with Gasteiger partial charge in [-0.25, -0.2) is 8.42 Å². The molecule has 3 fully saturated rings. The molecule has 4 nitrogen and oxygen atoms in total. The fourth-order valence-corrected chi connectivity index (χ4v) is 6.22. The Morgan fingerprint density at radius 1 is 1.10 bits per heavy atom. The first-order valence-electron chi connectivity index (χ1n) is 7.07. The van der Waals surface area contributed by atoms with Crippen LogP contribution < -0.4 is 0 Å². The molecule has 0 bridgehead atoms. The van der Waals surface area contributed by atoms with E-state index in [2.05, 4.69) is 13.8 Å². The third kappa shape index (κ3) is 1.41. The molecule has 0 aromatic heterocycles. The SMILES string of the molecule is Cc1ccc(S(=O)(=O)N2[C@]3(C)C[C@@H]4O[C@@H]4C[C@]23C)cc1. The summed E-state index contributed by atoms with van der Waals surface area (Å²) >= 11 is 0. The normalized spacial score (nSPS) is 45.5. The van der Waals surface area contributed by atoms with E-state index in [4.69, 9.17) is 4.74 Å². The van der Waals surface area contributed by atoms with Gasteiger partial charge in [0.2, 0.25) is 10.0 Å². The van der Waals surface area contributed by atoms with Crippen LogP contribution in [-0.2, 0) is 14.8 Å². The summed E-state index contributed by atoms with van der Waals surface area (Å²) in [4.78, 5) is 0.398. The van der Waals surface area contributed by atoms with Crippen molar-refractivity contribution in [2.24, 2.45) is 0 Å². The van der Waals surface area contributed by atoms with Crippen LogP contribution in [0.1, 0.15) is 32.3 Å². The number of aryl methyl sites for hydroxylation is 1. The van der Waals surface area contributed by atoms with Crippen molar-refractivity contribution in [3.8, 4) is 0 Å². The zero-order chi connectivity index (χ0) is 14.3. The Morgan fingerprint density at radius 3 is 2.10 bits per heavy atom. The van der Waals surface area contributed by atoms with Gasteiger partial charge in [0.15, 0.2) is 0 Å². The standard InChI is InChI=1S/C15H19NO3S/c1-10-4-6-11(7-5-10)20(17,18)16-14(2)8-12-13(19-12)9-15(14,16)3/h4-7,12-13H,8-9H2,1-3H3/t12-,13+,14+,15-,16?. The smallest absolute Gasteiger partial charge is 0.244 e. The summed E-state index contributed by atoms with van der Waals surface area (Å²) in [6.07, 6.45) is 2.18. The lowest BCUT2D eigenvalue weighted by atomic mass is 9.82. The summed E-state index contributed by atoms with van der Waals surface area (Å²) in [5.41, 5.74) is 0.502. The average molecular weight is 293 g/mol. The fourth-order valence-electron chi connectivity index (χ4n) is 3.97. The van der Waals surface area contributed by atoms with Crippen molar-refractivity contribution < 1.29 is 13.2 Å². The first-order valence-corrected chi connectivity index (χ1v) is 8.51. The molecular weight excluding hydrogens is 274 g/mol. The molecule has 3 aliphatic rings. The molecule has 4 rings (SSSR count). The average Bonchev–Trinajstić information content (AvgIpc) is 3.17. The minimum atomic E-state index is -3.41. The molecular formula is C15H19NO3S. The van der Waals surface area contributed by atoms with E-state index < -0.39 is 10.0 Å². The molecule has 1 aromatic rings. The summed E-state index contributed by atoms with van der Waals surface area (Å²) in [6, 6.07) is 7.12. The number of hydrogen-bond acceptors (Lipinski definition) is 3. The molecule has 2 heterocycles. The van der Waals surface area contributed by atoms with Crippen molar-refractivity contribution in [1.29, 1.82) is 0 Å². The van der Waals surface area contributed by atoms with Gasteiger partial charge in [0.25, 0.3) is 0 Å². The molecule has 5 heteroatoms. The second kappa shape index (κ2) is 3.46. The third-order valence-corrected chi connectivity index (χ3v) is 7.61. The van der Waals surface area contributed by atoms with Gasteiger partial charge in [-0.2, -0.15) is 4.31 Å². The van der Waals surface area contributed by atoms with Crippen molar-refractivity contribution in [2.45, 2.75) is 61.8 Å². The highest BCUT2D eigenvalue weighted by molar-refractivity contribution is 7.89. The van der Waals surface area contributed by atoms with Crippen molar-refractivity contribution >= 4 is 10.0 Å². The molecule has 108 valence electrons. The molecule has 20 heavy (non-hydrogen) atoms. The van der Waals surface area contributed by atoms with Crippen LogP contribution in [-0.4, -0.2) is 36.0 Å². The molecule has 0 amide bonds. The molecule has 5 atom stereocenters. The first-order chi connectivity index (χ1) is 9.29. The van der Waals surface area contributed by atoms with Gasteiger partial charge < -0.3 is 4.74 Å². The van der Waals surface area contributed by atoms with Crippen molar-refractivity contribution in [1.82, 2.24) is 4.31 Å². The lowest BCUT2D eigenvalue weighted by Gasteiger charge is -2.16. The summed E-state index contributed by atoms with van der Waals surface area (Å²) < 4.78 is 33.1. The summed E-state index contributed by atoms with van der Waals surface area (Å²) in [5, 5.41) is 0. The van der Waals surface area contributed by atoms with E-state index in [1.807, 2.05) is 19.1 Å². The van der Waals surface area contributed by atoms with E-state index in [0.717, 1.165) is 18.4 Å². The van der Waals surface area contributed by atoms with Crippen LogP contribution >= 0.6 is 0 Å². The van der Waals surface area contributed by atoms with Crippen molar-refractivity contribution in [2.75, 3.05) is 0 Å². The number of hydrogen-bond donors (Lipinski definition) is 0. The quantitative estimate of drug-likeness (QED) is 0.784. The van der Waals surface area contributed by atoms with Gasteiger partial charge in [0, 0.05) is 0 Å². The second-order valence-corrected chi connectivity index (χ2v) is 8.54. The van der Waals surface area contributed by atoms with Gasteiger partial charge in [-0.15, -0.1) is 0 Å². The van der Waals surface area contributed by atoms with Crippen molar-refractivity contribution in [3.05, 3.63) is 29.8 Å². The monoisotopic (exact) mass is 293 g/mol. The highest BCUT2D eigenvalue weighted by Gasteiger charge is 2.79. The molecule has 2 saturated heterocycles. The Kier molecular flexibility index (Phi) is 2.21. The minimum Gasteiger partial charge on any atom is -0.369 e. The van der Waals surface area contributed by atoms with Gasteiger partial charge in [-0.1, -0.05) is 17.7 Å². The molecule has 1 aromatic carbocycles. The first kappa shape index (κ1) is 12.8. The zero-order valence-electron chi connectivity index (χ0n) is 12.0. The summed E-state index contributed by atoms with van der Waals surface area (Å²) in [6.45, 7) is 6.06. The Balaban J connectivity index is 1.73. The second-order valence-electron chi connectivity index (χ2n) is 6.75. The lowest BCUT2D eigenvalue weighted by Crippen LogP contribution is -2.28. The highest BCUT2D eigenvalue weighted by Crippen LogP contribution is 2.66. The van der Waals surface area contributed by atoms with Crippen LogP contribution in [0.2, 0.25) is 0 Å². The molecule has 0 N–H and O–H groups in total. The molecule has 0 spiro atoms. The van der Waals surface area contributed by atoms with Crippen LogP contribution in [0.3, 0.4) is 0 Å². The Labute approximate surface area is 119 Å². The Morgan fingerprint density at radius 2 is 1.60 bits per heavy atom. The lowest BCUT2D eigenvalue weighted by molar-refractivity contribution is 0.341. The molecule has 0 radical (unpaired) electrons. The topological polar surface area (TPSA) is 49.7 Å². The number of benzene rings is 1. The van der Waals surface area contributed by atoms with Crippen LogP contribution in [0, 0.1) is 6.92 Å². The van der Waals surface area contributed by atoms with E-state index in [0.29, 0.717) is 4.90 Å². The van der Waals surface area contributed by atoms with Crippen molar-refractivity contribution in [3.63, 3.8) is 0 Å². The van der Waals surface area contributed by atoms with Crippen LogP contribution in [0.15, 0.2) is 29.2 Å². The number of nitrogens with zero attached hydrogens (tertiary/aromatic N) is 1. The molecule has 1 saturated carbocycles. The van der Waals surface area contributed by atoms with Gasteiger partial charge >= 0.3 is 0 Å². The van der Waals surface area contributed by atoms with Gasteiger partial charge in [0.1, 0.15) is 0 Å². The third-order valence-electron chi connectivity index (χ3n) is 5.45. The summed E-state index contributed by atoms with van der Waals surface area (Å²) in [5.74, 6) is 0. The Bertz CT molecular complexity index is 662. The number of fused-ring (bicyclic) bond motifs is 2. The Hall–Kier alpha value is -0.910. The number of ether oxygens (including phenoxy) is 1. The maximum absolute atomic E-state index is 12.9. The predicted molar refractivity (Wildman–Crippen MR) is 74.9 cm³/mol. The van der Waals surface area contributed by atoms with Gasteiger partial charge in [-0.05, 0) is 45.7 Å². The van der Waals surface area contributed by atoms with E-state index in [9.17, 15) is 8.42 Å². The van der Waals surface area contributed by atoms with Crippen LogP contribution in [0.25, 0.3) is 0 Å². The number of epoxide rings is 1. The number of rotatable bonds is 2. The van der Waals surface area contributed by atoms with E-state index in [-0.39, 0.29) is 23.3 Å². The zero-order valence-corrected chi connectivity index (χ0v) is 12.8. The van der Waals surface area contributed by atoms with E-state index >= 15 is 0 Å².